The summed E-state index contributed by atoms with van der Waals surface area (Å²) >= 11 is 0. The zero-order valence-electron chi connectivity index (χ0n) is 14.4. The summed E-state index contributed by atoms with van der Waals surface area (Å²) in [4.78, 5) is 37.1. The van der Waals surface area contributed by atoms with Gasteiger partial charge in [0.2, 0.25) is 6.29 Å². The molecule has 1 N–H and O–H groups in total. The summed E-state index contributed by atoms with van der Waals surface area (Å²) in [6.07, 6.45) is 3.58. The molecule has 2 fully saturated rings. The van der Waals surface area contributed by atoms with Gasteiger partial charge in [0.25, 0.3) is 0 Å². The van der Waals surface area contributed by atoms with Crippen LogP contribution >= 0.6 is 0 Å². The van der Waals surface area contributed by atoms with Crippen molar-refractivity contribution in [1.82, 2.24) is 0 Å². The summed E-state index contributed by atoms with van der Waals surface area (Å²) < 4.78 is 10.3. The van der Waals surface area contributed by atoms with E-state index in [4.69, 9.17) is 9.47 Å². The molecule has 2 aliphatic heterocycles. The molecule has 1 saturated carbocycles. The molecule has 1 unspecified atom stereocenters. The monoisotopic (exact) mass is 346 g/mol. The molecule has 2 heterocycles. The zero-order chi connectivity index (χ0) is 17.9. The number of esters is 2. The number of ether oxygens (including phenoxy) is 2. The lowest BCUT2D eigenvalue weighted by Gasteiger charge is -2.49. The standard InChI is InChI=1S/C19H22O6/c1-9-5-11(20)6-14-12(9)4-3-10(2)19(14)8-15(24-18(19)23)13-7-16(21)25-17(13)22/h5,7,10,12,14-16,21H,3-4,6,8H2,1-2H3/t10-,12+,14+,15-,16?,19-/m1/s1. The topological polar surface area (TPSA) is 89.9 Å². The molecular weight excluding hydrogens is 324 g/mol. The Balaban J connectivity index is 1.71. The third-order valence-electron chi connectivity index (χ3n) is 6.62. The molecular formula is C19H22O6. The van der Waals surface area contributed by atoms with Crippen molar-refractivity contribution in [3.8, 4) is 0 Å². The Hall–Kier alpha value is -1.95. The van der Waals surface area contributed by atoms with Crippen LogP contribution in [0.15, 0.2) is 23.3 Å². The van der Waals surface area contributed by atoms with Gasteiger partial charge in [-0.3, -0.25) is 9.59 Å². The molecule has 134 valence electrons. The Morgan fingerprint density at radius 2 is 1.96 bits per heavy atom. The van der Waals surface area contributed by atoms with Gasteiger partial charge in [-0.15, -0.1) is 0 Å². The second kappa shape index (κ2) is 5.53. The molecule has 0 aromatic heterocycles. The molecule has 1 saturated heterocycles. The van der Waals surface area contributed by atoms with E-state index in [2.05, 4.69) is 0 Å². The first kappa shape index (κ1) is 16.5. The zero-order valence-corrected chi connectivity index (χ0v) is 14.4. The largest absolute Gasteiger partial charge is 0.457 e. The lowest BCUT2D eigenvalue weighted by atomic mass is 9.52. The van der Waals surface area contributed by atoms with Crippen LogP contribution in [-0.4, -0.2) is 35.2 Å². The average Bonchev–Trinajstić information content (AvgIpc) is 3.04. The van der Waals surface area contributed by atoms with Crippen LogP contribution in [0.5, 0.6) is 0 Å². The number of fused-ring (bicyclic) bond motifs is 2. The molecule has 0 amide bonds. The van der Waals surface area contributed by atoms with Gasteiger partial charge < -0.3 is 14.6 Å². The third kappa shape index (κ3) is 2.30. The lowest BCUT2D eigenvalue weighted by molar-refractivity contribution is -0.158. The van der Waals surface area contributed by atoms with Crippen molar-refractivity contribution in [3.05, 3.63) is 23.3 Å². The number of cyclic esters (lactones) is 2. The van der Waals surface area contributed by atoms with Gasteiger partial charge in [0, 0.05) is 12.8 Å². The van der Waals surface area contributed by atoms with Crippen LogP contribution in [0, 0.1) is 23.2 Å². The summed E-state index contributed by atoms with van der Waals surface area (Å²) in [7, 11) is 0. The van der Waals surface area contributed by atoms with E-state index in [0.29, 0.717) is 12.8 Å². The maximum absolute atomic E-state index is 13.0. The summed E-state index contributed by atoms with van der Waals surface area (Å²) in [6, 6.07) is 0. The molecule has 0 aromatic carbocycles. The first-order valence-electron chi connectivity index (χ1n) is 8.86. The molecule has 25 heavy (non-hydrogen) atoms. The van der Waals surface area contributed by atoms with Crippen LogP contribution in [0.4, 0.5) is 0 Å². The van der Waals surface area contributed by atoms with Crippen LogP contribution in [0.2, 0.25) is 0 Å². The van der Waals surface area contributed by atoms with E-state index < -0.39 is 23.8 Å². The van der Waals surface area contributed by atoms with Crippen LogP contribution in [0.3, 0.4) is 0 Å². The third-order valence-corrected chi connectivity index (χ3v) is 6.62. The van der Waals surface area contributed by atoms with Gasteiger partial charge in [-0.05, 0) is 49.7 Å². The quantitative estimate of drug-likeness (QED) is 0.727. The molecule has 4 aliphatic rings. The minimum Gasteiger partial charge on any atom is -0.457 e. The average molecular weight is 346 g/mol. The number of hydrogen-bond acceptors (Lipinski definition) is 6. The Morgan fingerprint density at radius 1 is 1.20 bits per heavy atom. The maximum atomic E-state index is 13.0. The van der Waals surface area contributed by atoms with Crippen LogP contribution in [-0.2, 0) is 23.9 Å². The number of carbonyl (C=O) groups excluding carboxylic acids is 3. The second-order valence-electron chi connectivity index (χ2n) is 7.81. The number of carbonyl (C=O) groups is 3. The van der Waals surface area contributed by atoms with Crippen molar-refractivity contribution in [2.45, 2.75) is 51.9 Å². The molecule has 0 radical (unpaired) electrons. The summed E-state index contributed by atoms with van der Waals surface area (Å²) in [5.74, 6) is -0.716. The summed E-state index contributed by atoms with van der Waals surface area (Å²) in [5, 5.41) is 9.49. The Labute approximate surface area is 145 Å². The fourth-order valence-electron chi connectivity index (χ4n) is 5.34. The van der Waals surface area contributed by atoms with Crippen molar-refractivity contribution in [2.24, 2.45) is 23.2 Å². The second-order valence-corrected chi connectivity index (χ2v) is 7.81. The van der Waals surface area contributed by atoms with Gasteiger partial charge in [-0.1, -0.05) is 12.5 Å². The molecule has 1 spiro atoms. The predicted octanol–water partition coefficient (Wildman–Crippen LogP) is 1.67. The van der Waals surface area contributed by atoms with Crippen LogP contribution in [0.1, 0.15) is 39.5 Å². The van der Waals surface area contributed by atoms with Crippen molar-refractivity contribution in [2.75, 3.05) is 0 Å². The molecule has 6 heteroatoms. The van der Waals surface area contributed by atoms with E-state index in [1.54, 1.807) is 6.08 Å². The summed E-state index contributed by atoms with van der Waals surface area (Å²) in [6.45, 7) is 4.00. The Morgan fingerprint density at radius 3 is 2.64 bits per heavy atom. The molecule has 2 aliphatic carbocycles. The van der Waals surface area contributed by atoms with E-state index >= 15 is 0 Å². The van der Waals surface area contributed by atoms with Gasteiger partial charge in [0.05, 0.1) is 11.0 Å². The number of allylic oxidation sites excluding steroid dienone is 2. The molecule has 0 aromatic rings. The smallest absolute Gasteiger partial charge is 0.340 e. The van der Waals surface area contributed by atoms with Crippen LogP contribution in [0.25, 0.3) is 0 Å². The van der Waals surface area contributed by atoms with Crippen molar-refractivity contribution < 1.29 is 29.0 Å². The highest BCUT2D eigenvalue weighted by Gasteiger charge is 2.62. The highest BCUT2D eigenvalue weighted by molar-refractivity contribution is 5.95. The van der Waals surface area contributed by atoms with Crippen molar-refractivity contribution >= 4 is 17.7 Å². The number of ketones is 1. The molecule has 6 atom stereocenters. The van der Waals surface area contributed by atoms with Gasteiger partial charge >= 0.3 is 11.9 Å². The molecule has 0 bridgehead atoms. The molecule has 4 rings (SSSR count). The number of aliphatic hydroxyl groups excluding tert-OH is 1. The van der Waals surface area contributed by atoms with Gasteiger partial charge in [0.1, 0.15) is 6.10 Å². The van der Waals surface area contributed by atoms with E-state index in [0.717, 1.165) is 18.4 Å². The Kier molecular flexibility index (Phi) is 3.65. The lowest BCUT2D eigenvalue weighted by Crippen LogP contribution is -2.50. The highest BCUT2D eigenvalue weighted by atomic mass is 16.6. The van der Waals surface area contributed by atoms with Gasteiger partial charge in [-0.2, -0.15) is 0 Å². The SMILES string of the molecule is CC1=CC(=O)C[C@H]2[C@H]1CC[C@@H](C)[C@]21C[C@H](C2=CC(O)OC2=O)OC1=O. The normalized spacial score (nSPS) is 43.5. The first-order valence-corrected chi connectivity index (χ1v) is 8.86. The van der Waals surface area contributed by atoms with E-state index in [1.165, 1.54) is 6.08 Å². The fourth-order valence-corrected chi connectivity index (χ4v) is 5.34. The number of hydrogen-bond donors (Lipinski definition) is 1. The maximum Gasteiger partial charge on any atom is 0.340 e. The van der Waals surface area contributed by atoms with E-state index in [1.807, 2.05) is 13.8 Å². The predicted molar refractivity (Wildman–Crippen MR) is 85.9 cm³/mol. The summed E-state index contributed by atoms with van der Waals surface area (Å²) in [5.41, 5.74) is 0.494. The van der Waals surface area contributed by atoms with Crippen molar-refractivity contribution in [3.63, 3.8) is 0 Å². The van der Waals surface area contributed by atoms with Crippen molar-refractivity contribution in [1.29, 1.82) is 0 Å². The first-order chi connectivity index (χ1) is 11.8. The minimum absolute atomic E-state index is 0.0541. The number of rotatable bonds is 1. The Bertz CT molecular complexity index is 719. The van der Waals surface area contributed by atoms with E-state index in [-0.39, 0.29) is 35.1 Å². The van der Waals surface area contributed by atoms with Gasteiger partial charge in [0.15, 0.2) is 5.78 Å². The number of aliphatic hydroxyl groups is 1. The van der Waals surface area contributed by atoms with E-state index in [9.17, 15) is 19.5 Å². The highest BCUT2D eigenvalue weighted by Crippen LogP contribution is 2.59. The minimum atomic E-state index is -1.28. The van der Waals surface area contributed by atoms with Gasteiger partial charge in [-0.25, -0.2) is 4.79 Å². The fraction of sp³-hybridized carbons (Fsp3) is 0.632. The molecule has 6 nitrogen and oxygen atoms in total. The van der Waals surface area contributed by atoms with Crippen LogP contribution < -0.4 is 0 Å².